The van der Waals surface area contributed by atoms with Gasteiger partial charge in [-0.2, -0.15) is 0 Å². The number of thioether (sulfide) groups is 1. The Kier molecular flexibility index (Phi) is 4.98. The van der Waals surface area contributed by atoms with Gasteiger partial charge in [0.2, 0.25) is 0 Å². The first-order chi connectivity index (χ1) is 10.0. The minimum absolute atomic E-state index is 0.0227. The molecule has 0 aliphatic carbocycles. The third kappa shape index (κ3) is 3.62. The van der Waals surface area contributed by atoms with E-state index < -0.39 is 4.92 Å². The average Bonchev–Trinajstić information content (AvgIpc) is 2.95. The van der Waals surface area contributed by atoms with Crippen molar-refractivity contribution < 1.29 is 9.72 Å². The second kappa shape index (κ2) is 6.73. The number of non-ortho nitro benzene ring substituents is 1. The Morgan fingerprint density at radius 2 is 2.19 bits per heavy atom. The van der Waals surface area contributed by atoms with Gasteiger partial charge >= 0.3 is 0 Å². The van der Waals surface area contributed by atoms with Crippen molar-refractivity contribution in [2.24, 2.45) is 0 Å². The van der Waals surface area contributed by atoms with Crippen molar-refractivity contribution in [2.75, 3.05) is 6.26 Å². The molecule has 21 heavy (non-hydrogen) atoms. The van der Waals surface area contributed by atoms with Gasteiger partial charge in [0, 0.05) is 17.0 Å². The zero-order chi connectivity index (χ0) is 15.4. The first-order valence-corrected chi connectivity index (χ1v) is 8.30. The number of hydrogen-bond acceptors (Lipinski definition) is 5. The van der Waals surface area contributed by atoms with Crippen molar-refractivity contribution >= 4 is 34.7 Å². The second-order valence-corrected chi connectivity index (χ2v) is 6.13. The summed E-state index contributed by atoms with van der Waals surface area (Å²) < 4.78 is 0. The van der Waals surface area contributed by atoms with Crippen LogP contribution in [0.2, 0.25) is 0 Å². The number of carbonyl (C=O) groups excluding carboxylic acids is 1. The lowest BCUT2D eigenvalue weighted by molar-refractivity contribution is -0.384. The van der Waals surface area contributed by atoms with E-state index in [0.29, 0.717) is 10.4 Å². The molecule has 1 atom stereocenters. The fourth-order valence-corrected chi connectivity index (χ4v) is 3.53. The zero-order valence-electron chi connectivity index (χ0n) is 11.5. The van der Waals surface area contributed by atoms with E-state index in [9.17, 15) is 14.9 Å². The number of nitro groups is 1. The number of nitrogens with zero attached hydrogens (tertiary/aromatic N) is 1. The summed E-state index contributed by atoms with van der Waals surface area (Å²) in [7, 11) is 0. The second-order valence-electron chi connectivity index (χ2n) is 4.37. The van der Waals surface area contributed by atoms with E-state index >= 15 is 0 Å². The molecule has 110 valence electrons. The summed E-state index contributed by atoms with van der Waals surface area (Å²) in [5, 5.41) is 15.5. The molecule has 0 radical (unpaired) electrons. The van der Waals surface area contributed by atoms with Crippen LogP contribution in [0.1, 0.15) is 28.2 Å². The summed E-state index contributed by atoms with van der Waals surface area (Å²) in [5.74, 6) is -0.159. The lowest BCUT2D eigenvalue weighted by atomic mass is 10.1. The van der Waals surface area contributed by atoms with Gasteiger partial charge in [0.05, 0.1) is 11.0 Å². The van der Waals surface area contributed by atoms with Gasteiger partial charge in [0.15, 0.2) is 0 Å². The SMILES string of the molecule is CSc1ccsc1C(=O)N[C@H](C)c1cccc([N+](=O)[O-])c1. The van der Waals surface area contributed by atoms with Crippen LogP contribution in [-0.2, 0) is 0 Å². The van der Waals surface area contributed by atoms with Crippen molar-refractivity contribution in [1.29, 1.82) is 0 Å². The fraction of sp³-hybridized carbons (Fsp3) is 0.214. The number of thiophene rings is 1. The van der Waals surface area contributed by atoms with Crippen LogP contribution >= 0.6 is 23.1 Å². The monoisotopic (exact) mass is 322 g/mol. The van der Waals surface area contributed by atoms with E-state index in [2.05, 4.69) is 5.32 Å². The third-order valence-corrected chi connectivity index (χ3v) is 4.81. The van der Waals surface area contributed by atoms with Gasteiger partial charge in [-0.3, -0.25) is 14.9 Å². The maximum Gasteiger partial charge on any atom is 0.269 e. The number of amides is 1. The lowest BCUT2D eigenvalue weighted by Crippen LogP contribution is -2.26. The van der Waals surface area contributed by atoms with Crippen LogP contribution in [0.15, 0.2) is 40.6 Å². The van der Waals surface area contributed by atoms with Gasteiger partial charge in [0.25, 0.3) is 11.6 Å². The highest BCUT2D eigenvalue weighted by atomic mass is 32.2. The van der Waals surface area contributed by atoms with Crippen LogP contribution < -0.4 is 5.32 Å². The summed E-state index contributed by atoms with van der Waals surface area (Å²) in [4.78, 5) is 24.2. The molecule has 0 spiro atoms. The molecule has 2 aromatic rings. The van der Waals surface area contributed by atoms with Crippen LogP contribution in [0.5, 0.6) is 0 Å². The molecule has 0 saturated carbocycles. The maximum atomic E-state index is 12.2. The molecule has 0 bridgehead atoms. The first kappa shape index (κ1) is 15.5. The van der Waals surface area contributed by atoms with Crippen LogP contribution in [0.25, 0.3) is 0 Å². The van der Waals surface area contributed by atoms with Gasteiger partial charge in [-0.25, -0.2) is 0 Å². The van der Waals surface area contributed by atoms with Crippen LogP contribution in [0.3, 0.4) is 0 Å². The minimum atomic E-state index is -0.441. The highest BCUT2D eigenvalue weighted by Gasteiger charge is 2.17. The van der Waals surface area contributed by atoms with E-state index in [0.717, 1.165) is 4.90 Å². The van der Waals surface area contributed by atoms with E-state index in [1.54, 1.807) is 12.1 Å². The largest absolute Gasteiger partial charge is 0.345 e. The molecule has 7 heteroatoms. The quantitative estimate of drug-likeness (QED) is 0.515. The molecule has 1 N–H and O–H groups in total. The predicted octanol–water partition coefficient (Wildman–Crippen LogP) is 3.87. The summed E-state index contributed by atoms with van der Waals surface area (Å²) in [6, 6.07) is 7.91. The lowest BCUT2D eigenvalue weighted by Gasteiger charge is -2.14. The molecule has 0 fully saturated rings. The molecule has 1 aromatic carbocycles. The molecule has 0 unspecified atom stereocenters. The van der Waals surface area contributed by atoms with E-state index in [1.807, 2.05) is 24.6 Å². The Balaban J connectivity index is 2.14. The van der Waals surface area contributed by atoms with Crippen molar-refractivity contribution in [2.45, 2.75) is 17.9 Å². The van der Waals surface area contributed by atoms with Crippen molar-refractivity contribution in [3.8, 4) is 0 Å². The Morgan fingerprint density at radius 3 is 2.86 bits per heavy atom. The first-order valence-electron chi connectivity index (χ1n) is 6.19. The van der Waals surface area contributed by atoms with Gasteiger partial charge in [-0.05, 0) is 30.2 Å². The molecular formula is C14H14N2O3S2. The number of nitro benzene ring substituents is 1. The molecule has 0 saturated heterocycles. The van der Waals surface area contributed by atoms with Crippen molar-refractivity contribution in [1.82, 2.24) is 5.32 Å². The Morgan fingerprint density at radius 1 is 1.43 bits per heavy atom. The molecule has 1 aromatic heterocycles. The number of benzene rings is 1. The third-order valence-electron chi connectivity index (χ3n) is 2.98. The van der Waals surface area contributed by atoms with E-state index in [-0.39, 0.29) is 17.6 Å². The van der Waals surface area contributed by atoms with Crippen molar-refractivity contribution in [3.63, 3.8) is 0 Å². The molecule has 0 aliphatic rings. The zero-order valence-corrected chi connectivity index (χ0v) is 13.2. The molecule has 1 amide bonds. The van der Waals surface area contributed by atoms with Crippen LogP contribution in [-0.4, -0.2) is 17.1 Å². The van der Waals surface area contributed by atoms with Crippen molar-refractivity contribution in [3.05, 3.63) is 56.3 Å². The number of hydrogen-bond donors (Lipinski definition) is 1. The smallest absolute Gasteiger partial charge is 0.269 e. The van der Waals surface area contributed by atoms with Gasteiger partial charge in [-0.1, -0.05) is 12.1 Å². The van der Waals surface area contributed by atoms with E-state index in [1.165, 1.54) is 35.2 Å². The Bertz CT molecular complexity index is 670. The minimum Gasteiger partial charge on any atom is -0.345 e. The Labute approximate surface area is 130 Å². The molecular weight excluding hydrogens is 308 g/mol. The molecule has 0 aliphatic heterocycles. The van der Waals surface area contributed by atoms with Crippen LogP contribution in [0.4, 0.5) is 5.69 Å². The van der Waals surface area contributed by atoms with Crippen LogP contribution in [0, 0.1) is 10.1 Å². The fourth-order valence-electron chi connectivity index (χ4n) is 1.88. The Hall–Kier alpha value is -1.86. The number of nitrogens with one attached hydrogen (secondary N) is 1. The molecule has 2 rings (SSSR count). The van der Waals surface area contributed by atoms with E-state index in [4.69, 9.17) is 0 Å². The predicted molar refractivity (Wildman–Crippen MR) is 85.1 cm³/mol. The average molecular weight is 322 g/mol. The normalized spacial score (nSPS) is 11.9. The summed E-state index contributed by atoms with van der Waals surface area (Å²) in [6.45, 7) is 1.81. The van der Waals surface area contributed by atoms with Gasteiger partial charge < -0.3 is 5.32 Å². The summed E-state index contributed by atoms with van der Waals surface area (Å²) in [5.41, 5.74) is 0.731. The molecule has 1 heterocycles. The van der Waals surface area contributed by atoms with Gasteiger partial charge in [0.1, 0.15) is 4.88 Å². The summed E-state index contributed by atoms with van der Waals surface area (Å²) >= 11 is 2.91. The number of carbonyl (C=O) groups is 1. The highest BCUT2D eigenvalue weighted by Crippen LogP contribution is 2.26. The summed E-state index contributed by atoms with van der Waals surface area (Å²) in [6.07, 6.45) is 1.92. The molecule has 5 nitrogen and oxygen atoms in total. The maximum absolute atomic E-state index is 12.2. The topological polar surface area (TPSA) is 72.2 Å². The van der Waals surface area contributed by atoms with Gasteiger partial charge in [-0.15, -0.1) is 23.1 Å². The number of rotatable bonds is 5. The standard InChI is InChI=1S/C14H14N2O3S2/c1-9(10-4-3-5-11(8-10)16(18)19)15-14(17)13-12(20-2)6-7-21-13/h3-9H,1-2H3,(H,15,17)/t9-/m1/s1. The highest BCUT2D eigenvalue weighted by molar-refractivity contribution is 7.98.